The van der Waals surface area contributed by atoms with Gasteiger partial charge in [-0.3, -0.25) is 0 Å². The van der Waals surface area contributed by atoms with Gasteiger partial charge in [0.1, 0.15) is 5.75 Å². The second kappa shape index (κ2) is 8.12. The van der Waals surface area contributed by atoms with Crippen molar-refractivity contribution in [1.29, 1.82) is 0 Å². The maximum absolute atomic E-state index is 10.2. The summed E-state index contributed by atoms with van der Waals surface area (Å²) in [5.74, 6) is -1.09. The molecule has 5 heteroatoms. The van der Waals surface area contributed by atoms with Crippen LogP contribution in [-0.2, 0) is 14.2 Å². The Balaban J connectivity index is 2.82. The first-order valence-corrected chi connectivity index (χ1v) is 6.50. The number of rotatable bonds is 9. The van der Waals surface area contributed by atoms with E-state index in [4.69, 9.17) is 18.9 Å². The summed E-state index contributed by atoms with van der Waals surface area (Å²) in [7, 11) is 0. The maximum Gasteiger partial charge on any atom is 0.349 e. The van der Waals surface area contributed by atoms with Crippen LogP contribution >= 0.6 is 0 Å². The van der Waals surface area contributed by atoms with Crippen molar-refractivity contribution in [3.8, 4) is 5.75 Å². The standard InChI is InChI=1S/C14H22O5/c1-4-16-14(17-5-2,18-6-3)13(15)19-12-10-8-7-9-11-12/h7-11,13,15H,4-6H2,1-3H3. The molecule has 0 bridgehead atoms. The molecule has 1 aromatic carbocycles. The van der Waals surface area contributed by atoms with E-state index in [2.05, 4.69) is 0 Å². The van der Waals surface area contributed by atoms with Gasteiger partial charge in [-0.15, -0.1) is 0 Å². The van der Waals surface area contributed by atoms with Crippen LogP contribution in [-0.4, -0.2) is 37.2 Å². The van der Waals surface area contributed by atoms with E-state index < -0.39 is 12.3 Å². The minimum absolute atomic E-state index is 0.329. The summed E-state index contributed by atoms with van der Waals surface area (Å²) in [6.07, 6.45) is -1.38. The van der Waals surface area contributed by atoms with Crippen molar-refractivity contribution in [3.63, 3.8) is 0 Å². The molecule has 0 aliphatic carbocycles. The van der Waals surface area contributed by atoms with Crippen LogP contribution < -0.4 is 4.74 Å². The highest BCUT2D eigenvalue weighted by Crippen LogP contribution is 2.23. The molecule has 5 nitrogen and oxygen atoms in total. The molecule has 0 aromatic heterocycles. The zero-order valence-electron chi connectivity index (χ0n) is 11.7. The highest BCUT2D eigenvalue weighted by atomic mass is 16.9. The number of aliphatic hydroxyl groups is 1. The van der Waals surface area contributed by atoms with E-state index in [1.165, 1.54) is 0 Å². The van der Waals surface area contributed by atoms with Gasteiger partial charge in [-0.05, 0) is 32.9 Å². The summed E-state index contributed by atoms with van der Waals surface area (Å²) in [4.78, 5) is 0. The molecular formula is C14H22O5. The van der Waals surface area contributed by atoms with E-state index in [0.717, 1.165) is 0 Å². The number of aliphatic hydroxyl groups excluding tert-OH is 1. The second-order valence-electron chi connectivity index (χ2n) is 3.69. The normalized spacial score (nSPS) is 13.3. The molecule has 1 N–H and O–H groups in total. The average Bonchev–Trinajstić information content (AvgIpc) is 2.40. The summed E-state index contributed by atoms with van der Waals surface area (Å²) in [6.45, 7) is 6.37. The molecule has 0 radical (unpaired) electrons. The van der Waals surface area contributed by atoms with Crippen LogP contribution in [0, 0.1) is 0 Å². The van der Waals surface area contributed by atoms with Crippen LogP contribution in [0.5, 0.6) is 5.75 Å². The predicted molar refractivity (Wildman–Crippen MR) is 70.7 cm³/mol. The minimum Gasteiger partial charge on any atom is -0.456 e. The van der Waals surface area contributed by atoms with Gasteiger partial charge in [0, 0.05) is 19.8 Å². The van der Waals surface area contributed by atoms with Gasteiger partial charge < -0.3 is 24.1 Å². The highest BCUT2D eigenvalue weighted by molar-refractivity contribution is 5.21. The third-order valence-corrected chi connectivity index (χ3v) is 2.33. The molecule has 0 fully saturated rings. The van der Waals surface area contributed by atoms with E-state index in [0.29, 0.717) is 25.6 Å². The lowest BCUT2D eigenvalue weighted by atomic mass is 10.3. The van der Waals surface area contributed by atoms with E-state index in [1.54, 1.807) is 32.9 Å². The fraction of sp³-hybridized carbons (Fsp3) is 0.571. The fourth-order valence-electron chi connectivity index (χ4n) is 1.64. The molecule has 0 heterocycles. The molecule has 0 spiro atoms. The zero-order chi connectivity index (χ0) is 14.1. The maximum atomic E-state index is 10.2. The number of para-hydroxylation sites is 1. The van der Waals surface area contributed by atoms with Crippen LogP contribution in [0.2, 0.25) is 0 Å². The van der Waals surface area contributed by atoms with Gasteiger partial charge in [-0.25, -0.2) is 0 Å². The topological polar surface area (TPSA) is 57.2 Å². The highest BCUT2D eigenvalue weighted by Gasteiger charge is 2.43. The van der Waals surface area contributed by atoms with Gasteiger partial charge >= 0.3 is 5.97 Å². The Morgan fingerprint density at radius 3 is 1.84 bits per heavy atom. The molecule has 0 saturated heterocycles. The summed E-state index contributed by atoms with van der Waals surface area (Å²) in [5.41, 5.74) is 0. The molecule has 1 rings (SSSR count). The summed E-state index contributed by atoms with van der Waals surface area (Å²) < 4.78 is 21.7. The Labute approximate surface area is 114 Å². The Kier molecular flexibility index (Phi) is 6.80. The predicted octanol–water partition coefficient (Wildman–Crippen LogP) is 2.15. The quantitative estimate of drug-likeness (QED) is 0.697. The van der Waals surface area contributed by atoms with Gasteiger partial charge in [0.2, 0.25) is 0 Å². The van der Waals surface area contributed by atoms with Crippen molar-refractivity contribution in [1.82, 2.24) is 0 Å². The van der Waals surface area contributed by atoms with E-state index >= 15 is 0 Å². The van der Waals surface area contributed by atoms with Gasteiger partial charge in [0.25, 0.3) is 6.29 Å². The van der Waals surface area contributed by atoms with Crippen molar-refractivity contribution in [2.24, 2.45) is 0 Å². The third-order valence-electron chi connectivity index (χ3n) is 2.33. The van der Waals surface area contributed by atoms with Crippen LogP contribution in [0.25, 0.3) is 0 Å². The largest absolute Gasteiger partial charge is 0.456 e. The first kappa shape index (κ1) is 15.9. The molecule has 0 aliphatic rings. The molecule has 1 atom stereocenters. The molecule has 0 aliphatic heterocycles. The van der Waals surface area contributed by atoms with Crippen LogP contribution in [0.1, 0.15) is 20.8 Å². The molecule has 0 amide bonds. The lowest BCUT2D eigenvalue weighted by Crippen LogP contribution is -2.52. The van der Waals surface area contributed by atoms with Gasteiger partial charge in [-0.2, -0.15) is 0 Å². The molecule has 108 valence electrons. The van der Waals surface area contributed by atoms with E-state index in [1.807, 2.05) is 18.2 Å². The lowest BCUT2D eigenvalue weighted by Gasteiger charge is -2.35. The minimum atomic E-state index is -1.60. The summed E-state index contributed by atoms with van der Waals surface area (Å²) in [5, 5.41) is 10.2. The molecule has 19 heavy (non-hydrogen) atoms. The summed E-state index contributed by atoms with van der Waals surface area (Å²) >= 11 is 0. The Morgan fingerprint density at radius 2 is 1.42 bits per heavy atom. The molecular weight excluding hydrogens is 248 g/mol. The Morgan fingerprint density at radius 1 is 0.947 bits per heavy atom. The number of hydrogen-bond donors (Lipinski definition) is 1. The van der Waals surface area contributed by atoms with E-state index in [9.17, 15) is 5.11 Å². The van der Waals surface area contributed by atoms with Crippen molar-refractivity contribution in [3.05, 3.63) is 30.3 Å². The number of ether oxygens (including phenoxy) is 4. The van der Waals surface area contributed by atoms with Crippen LogP contribution in [0.15, 0.2) is 30.3 Å². The first-order valence-electron chi connectivity index (χ1n) is 6.50. The molecule has 1 aromatic rings. The second-order valence-corrected chi connectivity index (χ2v) is 3.69. The van der Waals surface area contributed by atoms with Crippen molar-refractivity contribution < 1.29 is 24.1 Å². The first-order chi connectivity index (χ1) is 9.18. The van der Waals surface area contributed by atoms with Gasteiger partial charge in [0.15, 0.2) is 0 Å². The summed E-state index contributed by atoms with van der Waals surface area (Å²) in [6, 6.07) is 8.95. The van der Waals surface area contributed by atoms with E-state index in [-0.39, 0.29) is 0 Å². The fourth-order valence-corrected chi connectivity index (χ4v) is 1.64. The van der Waals surface area contributed by atoms with Crippen LogP contribution in [0.4, 0.5) is 0 Å². The zero-order valence-corrected chi connectivity index (χ0v) is 11.7. The lowest BCUT2D eigenvalue weighted by molar-refractivity contribution is -0.436. The van der Waals surface area contributed by atoms with Gasteiger partial charge in [0.05, 0.1) is 0 Å². The Hall–Kier alpha value is -1.14. The van der Waals surface area contributed by atoms with Gasteiger partial charge in [-0.1, -0.05) is 18.2 Å². The molecule has 1 unspecified atom stereocenters. The van der Waals surface area contributed by atoms with Crippen LogP contribution in [0.3, 0.4) is 0 Å². The van der Waals surface area contributed by atoms with Crippen molar-refractivity contribution in [2.75, 3.05) is 19.8 Å². The number of hydrogen-bond acceptors (Lipinski definition) is 5. The number of benzene rings is 1. The smallest absolute Gasteiger partial charge is 0.349 e. The monoisotopic (exact) mass is 270 g/mol. The van der Waals surface area contributed by atoms with Crippen molar-refractivity contribution in [2.45, 2.75) is 33.0 Å². The molecule has 0 saturated carbocycles. The SMILES string of the molecule is CCOC(OCC)(OCC)C(O)Oc1ccccc1. The van der Waals surface area contributed by atoms with Crippen molar-refractivity contribution >= 4 is 0 Å². The third kappa shape index (κ3) is 4.47. The Bertz CT molecular complexity index is 324. The average molecular weight is 270 g/mol.